The van der Waals surface area contributed by atoms with E-state index < -0.39 is 24.2 Å². The Bertz CT molecular complexity index is 915. The first-order valence-electron chi connectivity index (χ1n) is 8.75. The zero-order chi connectivity index (χ0) is 21.0. The SMILES string of the molecule is C[C@@]1(CCc2ccc(OC(=O)c3ccc(OC(F)F)cc3)cc2)NC(=O)NC1=O. The van der Waals surface area contributed by atoms with E-state index in [4.69, 9.17) is 4.74 Å². The van der Waals surface area contributed by atoms with Gasteiger partial charge in [-0.05, 0) is 61.7 Å². The summed E-state index contributed by atoms with van der Waals surface area (Å²) in [5, 5.41) is 4.81. The molecule has 2 N–H and O–H groups in total. The number of aryl methyl sites for hydroxylation is 1. The van der Waals surface area contributed by atoms with Gasteiger partial charge in [0.1, 0.15) is 17.0 Å². The largest absolute Gasteiger partial charge is 0.435 e. The molecule has 0 aliphatic carbocycles. The minimum absolute atomic E-state index is 0.0540. The van der Waals surface area contributed by atoms with Gasteiger partial charge in [-0.2, -0.15) is 8.78 Å². The Balaban J connectivity index is 1.55. The van der Waals surface area contributed by atoms with E-state index in [1.54, 1.807) is 31.2 Å². The summed E-state index contributed by atoms with van der Waals surface area (Å²) in [6.45, 7) is -1.28. The predicted octanol–water partition coefficient (Wildman–Crippen LogP) is 3.04. The van der Waals surface area contributed by atoms with Gasteiger partial charge in [-0.25, -0.2) is 9.59 Å². The zero-order valence-electron chi connectivity index (χ0n) is 15.4. The summed E-state index contributed by atoms with van der Waals surface area (Å²) in [7, 11) is 0. The van der Waals surface area contributed by atoms with Gasteiger partial charge in [-0.1, -0.05) is 12.1 Å². The number of hydrogen-bond acceptors (Lipinski definition) is 5. The van der Waals surface area contributed by atoms with Crippen molar-refractivity contribution in [3.05, 3.63) is 59.7 Å². The van der Waals surface area contributed by atoms with Crippen LogP contribution < -0.4 is 20.1 Å². The first kappa shape index (κ1) is 20.2. The highest BCUT2D eigenvalue weighted by Crippen LogP contribution is 2.21. The lowest BCUT2D eigenvalue weighted by Crippen LogP contribution is -2.43. The highest BCUT2D eigenvalue weighted by Gasteiger charge is 2.41. The van der Waals surface area contributed by atoms with E-state index in [2.05, 4.69) is 15.4 Å². The molecule has 0 bridgehead atoms. The fourth-order valence-corrected chi connectivity index (χ4v) is 2.81. The van der Waals surface area contributed by atoms with E-state index in [9.17, 15) is 23.2 Å². The number of halogens is 2. The maximum Gasteiger partial charge on any atom is 0.387 e. The lowest BCUT2D eigenvalue weighted by molar-refractivity contribution is -0.123. The number of carbonyl (C=O) groups excluding carboxylic acids is 3. The van der Waals surface area contributed by atoms with Gasteiger partial charge in [0.05, 0.1) is 5.56 Å². The van der Waals surface area contributed by atoms with E-state index in [1.807, 2.05) is 0 Å². The van der Waals surface area contributed by atoms with Gasteiger partial charge in [0.15, 0.2) is 0 Å². The molecule has 1 saturated heterocycles. The van der Waals surface area contributed by atoms with Gasteiger partial charge < -0.3 is 14.8 Å². The zero-order valence-corrected chi connectivity index (χ0v) is 15.4. The molecule has 0 aromatic heterocycles. The Morgan fingerprint density at radius 2 is 1.66 bits per heavy atom. The summed E-state index contributed by atoms with van der Waals surface area (Å²) >= 11 is 0. The molecule has 1 aliphatic heterocycles. The molecule has 29 heavy (non-hydrogen) atoms. The summed E-state index contributed by atoms with van der Waals surface area (Å²) in [6, 6.07) is 11.4. The molecule has 0 unspecified atom stereocenters. The Morgan fingerprint density at radius 1 is 1.03 bits per heavy atom. The van der Waals surface area contributed by atoms with Crippen molar-refractivity contribution >= 4 is 17.9 Å². The van der Waals surface area contributed by atoms with Crippen LogP contribution in [0.4, 0.5) is 13.6 Å². The Hall–Kier alpha value is -3.49. The molecule has 3 amide bonds. The number of nitrogens with one attached hydrogen (secondary N) is 2. The van der Waals surface area contributed by atoms with Crippen LogP contribution in [0.1, 0.15) is 29.3 Å². The lowest BCUT2D eigenvalue weighted by Gasteiger charge is -2.20. The molecule has 7 nitrogen and oxygen atoms in total. The van der Waals surface area contributed by atoms with E-state index in [1.165, 1.54) is 24.3 Å². The number of alkyl halides is 2. The number of esters is 1. The Morgan fingerprint density at radius 3 is 2.21 bits per heavy atom. The third-order valence-electron chi connectivity index (χ3n) is 4.48. The molecule has 1 fully saturated rings. The van der Waals surface area contributed by atoms with Crippen LogP contribution in [0.15, 0.2) is 48.5 Å². The number of amides is 3. The van der Waals surface area contributed by atoms with Gasteiger partial charge in [0.25, 0.3) is 5.91 Å². The topological polar surface area (TPSA) is 93.7 Å². The van der Waals surface area contributed by atoms with E-state index in [0.29, 0.717) is 18.6 Å². The standard InChI is InChI=1S/C20H18F2N2O5/c1-20(17(26)23-19(27)24-20)11-10-12-2-6-14(7-3-12)28-16(25)13-4-8-15(9-5-13)29-18(21)22/h2-9,18H,10-11H2,1H3,(H2,23,24,26,27)/t20-/m0/s1. The molecule has 1 heterocycles. The Kier molecular flexibility index (Phi) is 5.76. The van der Waals surface area contributed by atoms with Crippen LogP contribution >= 0.6 is 0 Å². The van der Waals surface area contributed by atoms with Crippen molar-refractivity contribution in [3.63, 3.8) is 0 Å². The average molecular weight is 404 g/mol. The normalized spacial score (nSPS) is 18.3. The van der Waals surface area contributed by atoms with Crippen LogP contribution in [-0.4, -0.2) is 30.1 Å². The number of imide groups is 1. The van der Waals surface area contributed by atoms with Crippen molar-refractivity contribution in [2.75, 3.05) is 0 Å². The minimum Gasteiger partial charge on any atom is -0.435 e. The van der Waals surface area contributed by atoms with Crippen molar-refractivity contribution in [1.29, 1.82) is 0 Å². The van der Waals surface area contributed by atoms with Crippen LogP contribution in [0.3, 0.4) is 0 Å². The molecule has 3 rings (SSSR count). The highest BCUT2D eigenvalue weighted by molar-refractivity contribution is 6.06. The average Bonchev–Trinajstić information content (AvgIpc) is 2.93. The van der Waals surface area contributed by atoms with Gasteiger partial charge >= 0.3 is 18.6 Å². The maximum absolute atomic E-state index is 12.1. The van der Waals surface area contributed by atoms with Gasteiger partial charge in [0, 0.05) is 0 Å². The van der Waals surface area contributed by atoms with Crippen LogP contribution in [0.25, 0.3) is 0 Å². The predicted molar refractivity (Wildman–Crippen MR) is 97.9 cm³/mol. The van der Waals surface area contributed by atoms with Crippen LogP contribution in [0, 0.1) is 0 Å². The molecule has 9 heteroatoms. The second-order valence-electron chi connectivity index (χ2n) is 6.68. The number of carbonyl (C=O) groups is 3. The van der Waals surface area contributed by atoms with E-state index in [0.717, 1.165) is 5.56 Å². The monoisotopic (exact) mass is 404 g/mol. The van der Waals surface area contributed by atoms with Crippen molar-refractivity contribution in [1.82, 2.24) is 10.6 Å². The van der Waals surface area contributed by atoms with Crippen LogP contribution in [0.5, 0.6) is 11.5 Å². The third-order valence-corrected chi connectivity index (χ3v) is 4.48. The van der Waals surface area contributed by atoms with Crippen molar-refractivity contribution in [3.8, 4) is 11.5 Å². The molecular formula is C20H18F2N2O5. The summed E-state index contributed by atoms with van der Waals surface area (Å²) in [5.41, 5.74) is 0.127. The number of hydrogen-bond donors (Lipinski definition) is 2. The molecule has 0 radical (unpaired) electrons. The molecule has 0 spiro atoms. The lowest BCUT2D eigenvalue weighted by atomic mass is 9.93. The van der Waals surface area contributed by atoms with Gasteiger partial charge in [0.2, 0.25) is 0 Å². The molecule has 1 atom stereocenters. The molecule has 1 aliphatic rings. The Labute approximate surface area is 165 Å². The minimum atomic E-state index is -2.94. The van der Waals surface area contributed by atoms with Crippen molar-refractivity contribution < 1.29 is 32.6 Å². The summed E-state index contributed by atoms with van der Waals surface area (Å²) in [4.78, 5) is 35.2. The number of benzene rings is 2. The molecule has 2 aromatic rings. The van der Waals surface area contributed by atoms with Crippen molar-refractivity contribution in [2.45, 2.75) is 31.9 Å². The highest BCUT2D eigenvalue weighted by atomic mass is 19.3. The molecule has 152 valence electrons. The maximum atomic E-state index is 12.1. The summed E-state index contributed by atoms with van der Waals surface area (Å²) in [6.07, 6.45) is 0.945. The number of rotatable bonds is 7. The van der Waals surface area contributed by atoms with Crippen LogP contribution in [0.2, 0.25) is 0 Å². The summed E-state index contributed by atoms with van der Waals surface area (Å²) in [5.74, 6) is -0.747. The van der Waals surface area contributed by atoms with Crippen molar-refractivity contribution in [2.24, 2.45) is 0 Å². The summed E-state index contributed by atoms with van der Waals surface area (Å²) < 4.78 is 33.8. The van der Waals surface area contributed by atoms with Gasteiger partial charge in [-0.15, -0.1) is 0 Å². The number of ether oxygens (including phenoxy) is 2. The smallest absolute Gasteiger partial charge is 0.387 e. The quantitative estimate of drug-likeness (QED) is 0.420. The second kappa shape index (κ2) is 8.26. The van der Waals surface area contributed by atoms with E-state index in [-0.39, 0.29) is 17.2 Å². The van der Waals surface area contributed by atoms with Gasteiger partial charge in [-0.3, -0.25) is 10.1 Å². The fraction of sp³-hybridized carbons (Fsp3) is 0.250. The van der Waals surface area contributed by atoms with Crippen LogP contribution in [-0.2, 0) is 11.2 Å². The molecule has 0 saturated carbocycles. The molecular weight excluding hydrogens is 386 g/mol. The number of urea groups is 1. The fourth-order valence-electron chi connectivity index (χ4n) is 2.81. The molecule has 2 aromatic carbocycles. The second-order valence-corrected chi connectivity index (χ2v) is 6.68. The van der Waals surface area contributed by atoms with E-state index >= 15 is 0 Å². The third kappa shape index (κ3) is 5.07. The first-order valence-corrected chi connectivity index (χ1v) is 8.75. The first-order chi connectivity index (χ1) is 13.7.